The van der Waals surface area contributed by atoms with Gasteiger partial charge in [0.2, 0.25) is 0 Å². The summed E-state index contributed by atoms with van der Waals surface area (Å²) in [5.41, 5.74) is 5.69. The Morgan fingerprint density at radius 3 is 2.60 bits per heavy atom. The van der Waals surface area contributed by atoms with E-state index in [1.54, 1.807) is 11.4 Å². The van der Waals surface area contributed by atoms with E-state index >= 15 is 0 Å². The molecule has 0 aliphatic carbocycles. The Balaban J connectivity index is 2.13. The third kappa shape index (κ3) is 3.63. The Morgan fingerprint density at radius 1 is 1.25 bits per heavy atom. The van der Waals surface area contributed by atoms with Gasteiger partial charge < -0.3 is 11.1 Å². The minimum atomic E-state index is -0.750. The first-order chi connectivity index (χ1) is 9.58. The average Bonchev–Trinajstić information content (AvgIpc) is 2.83. The van der Waals surface area contributed by atoms with Crippen molar-refractivity contribution < 1.29 is 13.6 Å². The average molecular weight is 292 g/mol. The smallest absolute Gasteiger partial charge is 0.256 e. The molecule has 0 saturated heterocycles. The van der Waals surface area contributed by atoms with Crippen LogP contribution >= 0.6 is 11.3 Å². The van der Waals surface area contributed by atoms with Crippen LogP contribution in [-0.4, -0.2) is 12.5 Å². The van der Waals surface area contributed by atoms with Gasteiger partial charge in [0.1, 0.15) is 11.6 Å². The zero-order valence-electron chi connectivity index (χ0n) is 10.2. The second-order valence-electron chi connectivity index (χ2n) is 3.82. The predicted octanol–water partition coefficient (Wildman–Crippen LogP) is 2.59. The first-order valence-corrected chi connectivity index (χ1v) is 6.51. The van der Waals surface area contributed by atoms with Gasteiger partial charge in [-0.25, -0.2) is 8.78 Å². The Morgan fingerprint density at radius 2 is 1.95 bits per heavy atom. The van der Waals surface area contributed by atoms with Crippen molar-refractivity contribution in [3.63, 3.8) is 0 Å². The number of thiophene rings is 1. The molecule has 0 unspecified atom stereocenters. The monoisotopic (exact) mass is 292 g/mol. The van der Waals surface area contributed by atoms with Crippen molar-refractivity contribution >= 4 is 22.9 Å². The van der Waals surface area contributed by atoms with Crippen molar-refractivity contribution in [1.29, 1.82) is 0 Å². The molecule has 20 heavy (non-hydrogen) atoms. The molecule has 0 fully saturated rings. The van der Waals surface area contributed by atoms with Crippen LogP contribution in [0.25, 0.3) is 0 Å². The summed E-state index contributed by atoms with van der Waals surface area (Å²) < 4.78 is 26.0. The number of benzene rings is 1. The number of amides is 1. The largest absolute Gasteiger partial charge is 0.322 e. The highest BCUT2D eigenvalue weighted by Crippen LogP contribution is 2.17. The van der Waals surface area contributed by atoms with Gasteiger partial charge in [-0.3, -0.25) is 4.79 Å². The number of anilines is 1. The van der Waals surface area contributed by atoms with E-state index in [9.17, 15) is 13.6 Å². The molecule has 1 aromatic heterocycles. The number of carbonyl (C=O) groups excluding carboxylic acids is 1. The van der Waals surface area contributed by atoms with E-state index in [-0.39, 0.29) is 12.2 Å². The summed E-state index contributed by atoms with van der Waals surface area (Å²) in [6.07, 6.45) is 0. The quantitative estimate of drug-likeness (QED) is 0.836. The third-order valence-electron chi connectivity index (χ3n) is 2.30. The first kappa shape index (κ1) is 14.2. The number of hydrogen-bond donors (Lipinski definition) is 2. The molecule has 0 atom stereocenters. The van der Waals surface area contributed by atoms with E-state index in [0.29, 0.717) is 10.4 Å². The number of hydrogen-bond acceptors (Lipinski definition) is 3. The van der Waals surface area contributed by atoms with Crippen LogP contribution in [0.4, 0.5) is 14.5 Å². The molecule has 1 amide bonds. The fourth-order valence-corrected chi connectivity index (χ4v) is 2.24. The van der Waals surface area contributed by atoms with Crippen molar-refractivity contribution in [2.75, 3.05) is 11.9 Å². The summed E-state index contributed by atoms with van der Waals surface area (Å²) in [6.45, 7) is 0.238. The summed E-state index contributed by atoms with van der Waals surface area (Å²) >= 11 is 1.30. The van der Waals surface area contributed by atoms with Gasteiger partial charge in [-0.05, 0) is 18.2 Å². The van der Waals surface area contributed by atoms with E-state index in [1.165, 1.54) is 11.3 Å². The van der Waals surface area contributed by atoms with E-state index in [4.69, 9.17) is 5.73 Å². The lowest BCUT2D eigenvalue weighted by Gasteiger charge is -2.03. The van der Waals surface area contributed by atoms with Crippen molar-refractivity contribution in [2.24, 2.45) is 5.73 Å². The molecule has 0 bridgehead atoms. The zero-order valence-corrected chi connectivity index (χ0v) is 11.1. The maximum atomic E-state index is 13.0. The highest BCUT2D eigenvalue weighted by atomic mass is 32.1. The van der Waals surface area contributed by atoms with Gasteiger partial charge in [-0.15, -0.1) is 11.3 Å². The summed E-state index contributed by atoms with van der Waals surface area (Å²) in [7, 11) is 0. The van der Waals surface area contributed by atoms with Gasteiger partial charge in [0.05, 0.1) is 17.0 Å². The molecule has 0 radical (unpaired) electrons. The number of nitrogens with two attached hydrogens (primary N) is 1. The van der Waals surface area contributed by atoms with Crippen LogP contribution in [0.2, 0.25) is 0 Å². The number of carbonyl (C=O) groups is 1. The molecule has 2 aromatic rings. The normalized spacial score (nSPS) is 9.75. The van der Waals surface area contributed by atoms with Crippen molar-refractivity contribution in [1.82, 2.24) is 0 Å². The molecule has 3 nitrogen and oxygen atoms in total. The number of halogens is 2. The lowest BCUT2D eigenvalue weighted by atomic mass is 10.2. The summed E-state index contributed by atoms with van der Waals surface area (Å²) in [4.78, 5) is 12.6. The molecule has 0 saturated carbocycles. The Hall–Kier alpha value is -2.23. The van der Waals surface area contributed by atoms with Crippen LogP contribution in [-0.2, 0) is 0 Å². The molecule has 102 valence electrons. The summed E-state index contributed by atoms with van der Waals surface area (Å²) in [5, 5.41) is 4.04. The number of rotatable bonds is 2. The molecule has 0 spiro atoms. The van der Waals surface area contributed by atoms with Gasteiger partial charge >= 0.3 is 0 Å². The van der Waals surface area contributed by atoms with Crippen molar-refractivity contribution in [3.05, 3.63) is 51.7 Å². The van der Waals surface area contributed by atoms with Crippen LogP contribution in [0.1, 0.15) is 15.2 Å². The maximum absolute atomic E-state index is 13.0. The van der Waals surface area contributed by atoms with Gasteiger partial charge in [-0.1, -0.05) is 11.8 Å². The minimum absolute atomic E-state index is 0.0632. The molecular formula is C14H10F2N2OS. The zero-order chi connectivity index (χ0) is 14.5. The molecule has 6 heteroatoms. The minimum Gasteiger partial charge on any atom is -0.322 e. The summed E-state index contributed by atoms with van der Waals surface area (Å²) in [6, 6.07) is 4.42. The van der Waals surface area contributed by atoms with Gasteiger partial charge in [0.15, 0.2) is 0 Å². The Bertz CT molecular complexity index is 680. The second-order valence-corrected chi connectivity index (χ2v) is 4.73. The van der Waals surface area contributed by atoms with Gasteiger partial charge in [0.25, 0.3) is 5.91 Å². The predicted molar refractivity (Wildman–Crippen MR) is 74.6 cm³/mol. The summed E-state index contributed by atoms with van der Waals surface area (Å²) in [5.74, 6) is 3.53. The molecule has 2 rings (SSSR count). The van der Waals surface area contributed by atoms with Gasteiger partial charge in [0, 0.05) is 17.1 Å². The number of nitrogens with one attached hydrogen (secondary N) is 1. The molecule has 1 aromatic carbocycles. The van der Waals surface area contributed by atoms with Crippen LogP contribution in [0.15, 0.2) is 29.6 Å². The lowest BCUT2D eigenvalue weighted by Crippen LogP contribution is -2.11. The van der Waals surface area contributed by atoms with Crippen LogP contribution in [0.3, 0.4) is 0 Å². The molecular weight excluding hydrogens is 282 g/mol. The topological polar surface area (TPSA) is 55.1 Å². The van der Waals surface area contributed by atoms with Crippen molar-refractivity contribution in [3.8, 4) is 11.8 Å². The SMILES string of the molecule is NCC#Cc1cc(C(=O)Nc2cc(F)cc(F)c2)cs1. The highest BCUT2D eigenvalue weighted by molar-refractivity contribution is 7.10. The van der Waals surface area contributed by atoms with Crippen LogP contribution in [0.5, 0.6) is 0 Å². The standard InChI is InChI=1S/C14H10F2N2OS/c15-10-5-11(16)7-12(6-10)18-14(19)9-4-13(20-8-9)2-1-3-17/h4-8H,3,17H2,(H,18,19). The van der Waals surface area contributed by atoms with E-state index in [2.05, 4.69) is 17.2 Å². The van der Waals surface area contributed by atoms with E-state index in [0.717, 1.165) is 18.2 Å². The third-order valence-corrected chi connectivity index (χ3v) is 3.14. The first-order valence-electron chi connectivity index (χ1n) is 5.63. The maximum Gasteiger partial charge on any atom is 0.256 e. The Labute approximate surface area is 118 Å². The fourth-order valence-electron chi connectivity index (χ4n) is 1.49. The van der Waals surface area contributed by atoms with Crippen LogP contribution < -0.4 is 11.1 Å². The van der Waals surface area contributed by atoms with E-state index in [1.807, 2.05) is 0 Å². The van der Waals surface area contributed by atoms with Gasteiger partial charge in [-0.2, -0.15) is 0 Å². The van der Waals surface area contributed by atoms with Crippen molar-refractivity contribution in [2.45, 2.75) is 0 Å². The molecule has 0 aliphatic heterocycles. The second kappa shape index (κ2) is 6.28. The van der Waals surface area contributed by atoms with E-state index < -0.39 is 17.5 Å². The molecule has 3 N–H and O–H groups in total. The molecule has 0 aliphatic rings. The Kier molecular flexibility index (Phi) is 4.45. The fraction of sp³-hybridized carbons (Fsp3) is 0.0714. The van der Waals surface area contributed by atoms with Crippen LogP contribution in [0, 0.1) is 23.5 Å². The highest BCUT2D eigenvalue weighted by Gasteiger charge is 2.10. The molecule has 1 heterocycles. The lowest BCUT2D eigenvalue weighted by molar-refractivity contribution is 0.102.